The molecule has 1 saturated carbocycles. The lowest BCUT2D eigenvalue weighted by Crippen LogP contribution is -2.53. The van der Waals surface area contributed by atoms with Gasteiger partial charge in [0.25, 0.3) is 5.91 Å². The van der Waals surface area contributed by atoms with Crippen molar-refractivity contribution in [2.45, 2.75) is 37.6 Å². The highest BCUT2D eigenvalue weighted by Crippen LogP contribution is 2.31. The van der Waals surface area contributed by atoms with Crippen molar-refractivity contribution in [3.63, 3.8) is 0 Å². The third kappa shape index (κ3) is 3.67. The number of nitrogens with one attached hydrogen (secondary N) is 1. The second-order valence-electron chi connectivity index (χ2n) is 7.98. The van der Waals surface area contributed by atoms with E-state index in [1.165, 1.54) is 25.7 Å². The van der Waals surface area contributed by atoms with Crippen LogP contribution >= 0.6 is 0 Å². The number of hydrogen-bond acceptors (Lipinski definition) is 4. The molecule has 146 valence electrons. The number of carbonyl (C=O) groups excluding carboxylic acids is 1. The van der Waals surface area contributed by atoms with Crippen molar-refractivity contribution in [2.75, 3.05) is 20.6 Å². The Hall–Kier alpha value is -2.66. The number of aromatic nitrogens is 1. The largest absolute Gasteiger partial charge is 0.443 e. The van der Waals surface area contributed by atoms with Gasteiger partial charge in [0.15, 0.2) is 12.0 Å². The Kier molecular flexibility index (Phi) is 5.18. The summed E-state index contributed by atoms with van der Waals surface area (Å²) in [4.78, 5) is 19.4. The molecule has 1 fully saturated rings. The van der Waals surface area contributed by atoms with Gasteiger partial charge in [-0.15, -0.1) is 0 Å². The minimum atomic E-state index is -0.0174. The van der Waals surface area contributed by atoms with E-state index >= 15 is 0 Å². The summed E-state index contributed by atoms with van der Waals surface area (Å²) in [5, 5.41) is 3.19. The summed E-state index contributed by atoms with van der Waals surface area (Å²) in [6.45, 7) is 0.688. The van der Waals surface area contributed by atoms with Crippen molar-refractivity contribution in [2.24, 2.45) is 0 Å². The van der Waals surface area contributed by atoms with E-state index < -0.39 is 0 Å². The molecule has 1 amide bonds. The smallest absolute Gasteiger partial charge is 0.251 e. The number of amides is 1. The van der Waals surface area contributed by atoms with E-state index in [4.69, 9.17) is 4.42 Å². The van der Waals surface area contributed by atoms with E-state index in [9.17, 15) is 4.79 Å². The fourth-order valence-corrected chi connectivity index (χ4v) is 4.22. The second-order valence-corrected chi connectivity index (χ2v) is 7.98. The Labute approximate surface area is 165 Å². The van der Waals surface area contributed by atoms with Crippen LogP contribution in [0.1, 0.15) is 42.5 Å². The van der Waals surface area contributed by atoms with Crippen molar-refractivity contribution < 1.29 is 9.21 Å². The lowest BCUT2D eigenvalue weighted by molar-refractivity contribution is 0.0799. The molecule has 4 rings (SSSR count). The maximum atomic E-state index is 12.8. The first-order valence-electron chi connectivity index (χ1n) is 9.97. The highest BCUT2D eigenvalue weighted by molar-refractivity contribution is 5.95. The van der Waals surface area contributed by atoms with Crippen molar-refractivity contribution in [3.8, 4) is 11.1 Å². The third-order valence-corrected chi connectivity index (χ3v) is 6.10. The fraction of sp³-hybridized carbons (Fsp3) is 0.391. The Morgan fingerprint density at radius 1 is 1.11 bits per heavy atom. The number of hydrogen-bond donors (Lipinski definition) is 1. The summed E-state index contributed by atoms with van der Waals surface area (Å²) < 4.78 is 5.31. The lowest BCUT2D eigenvalue weighted by Gasteiger charge is -2.43. The molecule has 0 saturated heterocycles. The Bertz CT molecular complexity index is 971. The third-order valence-electron chi connectivity index (χ3n) is 6.10. The van der Waals surface area contributed by atoms with Gasteiger partial charge < -0.3 is 14.6 Å². The molecule has 0 atom stereocenters. The molecule has 0 bridgehead atoms. The van der Waals surface area contributed by atoms with Crippen molar-refractivity contribution in [1.82, 2.24) is 15.2 Å². The Morgan fingerprint density at radius 3 is 2.68 bits per heavy atom. The summed E-state index contributed by atoms with van der Waals surface area (Å²) in [5.41, 5.74) is 4.36. The lowest BCUT2D eigenvalue weighted by atomic mass is 9.80. The topological polar surface area (TPSA) is 58.4 Å². The molecule has 1 N–H and O–H groups in total. The Morgan fingerprint density at radius 2 is 1.89 bits per heavy atom. The van der Waals surface area contributed by atoms with Gasteiger partial charge in [-0.1, -0.05) is 37.5 Å². The number of carbonyl (C=O) groups is 1. The maximum absolute atomic E-state index is 12.8. The first kappa shape index (κ1) is 18.7. The van der Waals surface area contributed by atoms with Gasteiger partial charge in [-0.25, -0.2) is 4.98 Å². The summed E-state index contributed by atoms with van der Waals surface area (Å²) in [6.07, 6.45) is 7.48. The van der Waals surface area contributed by atoms with Gasteiger partial charge in [0.2, 0.25) is 0 Å². The fourth-order valence-electron chi connectivity index (χ4n) is 4.22. The standard InChI is InChI=1S/C23H27N3O2/c1-26(2)23(11-4-3-5-12-23)15-24-22(27)19-8-6-7-17(13-19)18-9-10-21-20(14-18)25-16-28-21/h6-10,13-14,16H,3-5,11-12,15H2,1-2H3,(H,24,27). The molecule has 1 aromatic heterocycles. The number of likely N-dealkylation sites (N-methyl/N-ethyl adjacent to an activating group) is 1. The quantitative estimate of drug-likeness (QED) is 0.712. The van der Waals surface area contributed by atoms with Crippen LogP contribution in [0.3, 0.4) is 0 Å². The average molecular weight is 377 g/mol. The van der Waals surface area contributed by atoms with Crippen LogP contribution in [0, 0.1) is 0 Å². The van der Waals surface area contributed by atoms with E-state index in [0.29, 0.717) is 12.1 Å². The minimum absolute atomic E-state index is 0.0174. The Balaban J connectivity index is 1.51. The molecule has 5 heteroatoms. The van der Waals surface area contributed by atoms with Crippen molar-refractivity contribution in [3.05, 3.63) is 54.4 Å². The van der Waals surface area contributed by atoms with Gasteiger partial charge >= 0.3 is 0 Å². The van der Waals surface area contributed by atoms with Crippen molar-refractivity contribution in [1.29, 1.82) is 0 Å². The van der Waals surface area contributed by atoms with E-state index in [1.807, 2.05) is 42.5 Å². The SMILES string of the molecule is CN(C)C1(CNC(=O)c2cccc(-c3ccc4ocnc4c3)c2)CCCCC1. The molecule has 2 aromatic carbocycles. The van der Waals surface area contributed by atoms with Crippen molar-refractivity contribution >= 4 is 17.0 Å². The monoisotopic (exact) mass is 377 g/mol. The zero-order valence-corrected chi connectivity index (χ0v) is 16.6. The summed E-state index contributed by atoms with van der Waals surface area (Å²) in [7, 11) is 4.25. The molecule has 0 radical (unpaired) electrons. The normalized spacial score (nSPS) is 16.4. The molecular weight excluding hydrogens is 350 g/mol. The molecule has 1 heterocycles. The van der Waals surface area contributed by atoms with Crippen LogP contribution in [0.2, 0.25) is 0 Å². The predicted octanol–water partition coefficient (Wildman–Crippen LogP) is 4.49. The minimum Gasteiger partial charge on any atom is -0.443 e. The first-order valence-corrected chi connectivity index (χ1v) is 9.97. The second kappa shape index (κ2) is 7.76. The van der Waals surface area contributed by atoms with E-state index in [-0.39, 0.29) is 11.4 Å². The van der Waals surface area contributed by atoms with Crippen LogP contribution in [-0.4, -0.2) is 42.0 Å². The van der Waals surface area contributed by atoms with Gasteiger partial charge in [0, 0.05) is 17.6 Å². The van der Waals surface area contributed by atoms with Crippen LogP contribution in [0.5, 0.6) is 0 Å². The number of rotatable bonds is 5. The van der Waals surface area contributed by atoms with Gasteiger partial charge in [0.05, 0.1) is 0 Å². The zero-order valence-electron chi connectivity index (χ0n) is 16.6. The predicted molar refractivity (Wildman–Crippen MR) is 111 cm³/mol. The zero-order chi connectivity index (χ0) is 19.6. The van der Waals surface area contributed by atoms with Crippen LogP contribution in [0.25, 0.3) is 22.2 Å². The number of nitrogens with zero attached hydrogens (tertiary/aromatic N) is 2. The van der Waals surface area contributed by atoms with Gasteiger partial charge in [-0.05, 0) is 62.3 Å². The molecule has 28 heavy (non-hydrogen) atoms. The number of fused-ring (bicyclic) bond motifs is 1. The summed E-state index contributed by atoms with van der Waals surface area (Å²) in [6, 6.07) is 13.7. The van der Waals surface area contributed by atoms with E-state index in [2.05, 4.69) is 29.3 Å². The highest BCUT2D eigenvalue weighted by Gasteiger charge is 2.34. The number of benzene rings is 2. The van der Waals surface area contributed by atoms with E-state index in [0.717, 1.165) is 35.1 Å². The van der Waals surface area contributed by atoms with Gasteiger partial charge in [0.1, 0.15) is 5.52 Å². The average Bonchev–Trinajstić information content (AvgIpc) is 3.20. The number of oxazole rings is 1. The molecule has 1 aliphatic rings. The molecule has 3 aromatic rings. The van der Waals surface area contributed by atoms with E-state index in [1.54, 1.807) is 0 Å². The first-order chi connectivity index (χ1) is 13.6. The van der Waals surface area contributed by atoms with Gasteiger partial charge in [-0.3, -0.25) is 4.79 Å². The molecular formula is C23H27N3O2. The molecule has 1 aliphatic carbocycles. The summed E-state index contributed by atoms with van der Waals surface area (Å²) >= 11 is 0. The molecule has 0 unspecified atom stereocenters. The maximum Gasteiger partial charge on any atom is 0.251 e. The summed E-state index contributed by atoms with van der Waals surface area (Å²) in [5.74, 6) is -0.0174. The molecule has 5 nitrogen and oxygen atoms in total. The highest BCUT2D eigenvalue weighted by atomic mass is 16.3. The molecule has 0 aliphatic heterocycles. The van der Waals surface area contributed by atoms with Crippen LogP contribution in [-0.2, 0) is 0 Å². The van der Waals surface area contributed by atoms with Crippen LogP contribution in [0.15, 0.2) is 53.3 Å². The van der Waals surface area contributed by atoms with Gasteiger partial charge in [-0.2, -0.15) is 0 Å². The molecule has 0 spiro atoms. The van der Waals surface area contributed by atoms with Crippen LogP contribution < -0.4 is 5.32 Å². The van der Waals surface area contributed by atoms with Crippen LogP contribution in [0.4, 0.5) is 0 Å².